The predicted molar refractivity (Wildman–Crippen MR) is 129 cm³/mol. The topological polar surface area (TPSA) is 60.9 Å². The van der Waals surface area contributed by atoms with E-state index in [1.807, 2.05) is 30.1 Å². The average Bonchev–Trinajstić information content (AvgIpc) is 3.30. The van der Waals surface area contributed by atoms with Gasteiger partial charge in [0.25, 0.3) is 0 Å². The van der Waals surface area contributed by atoms with Gasteiger partial charge < -0.3 is 10.0 Å². The third-order valence-electron chi connectivity index (χ3n) is 6.92. The molecule has 3 aromatic carbocycles. The Bertz CT molecular complexity index is 1430. The number of aliphatic hydroxyl groups is 1. The molecule has 35 heavy (non-hydrogen) atoms. The predicted octanol–water partition coefficient (Wildman–Crippen LogP) is 3.93. The molecule has 0 aliphatic carbocycles. The molecule has 0 amide bonds. The zero-order chi connectivity index (χ0) is 24.7. The summed E-state index contributed by atoms with van der Waals surface area (Å²) < 4.78 is 56.2. The lowest BCUT2D eigenvalue weighted by atomic mass is 9.82. The number of fused-ring (bicyclic) bond motifs is 3. The Morgan fingerprint density at radius 3 is 2.40 bits per heavy atom. The first-order valence-corrected chi connectivity index (χ1v) is 12.8. The van der Waals surface area contributed by atoms with E-state index in [4.69, 9.17) is 0 Å². The molecule has 0 unspecified atom stereocenters. The fraction of sp³-hybridized carbons (Fsp3) is 0.259. The van der Waals surface area contributed by atoms with Crippen LogP contribution in [0.4, 0.5) is 14.5 Å². The van der Waals surface area contributed by atoms with Gasteiger partial charge in [-0.1, -0.05) is 24.0 Å². The van der Waals surface area contributed by atoms with Crippen molar-refractivity contribution in [3.63, 3.8) is 0 Å². The molecule has 0 radical (unpaired) electrons. The summed E-state index contributed by atoms with van der Waals surface area (Å²) >= 11 is 0. The highest BCUT2D eigenvalue weighted by molar-refractivity contribution is 7.89. The first-order chi connectivity index (χ1) is 16.8. The maximum absolute atomic E-state index is 14.5. The number of rotatable bonds is 3. The molecule has 1 fully saturated rings. The molecule has 8 heteroatoms. The summed E-state index contributed by atoms with van der Waals surface area (Å²) in [5.41, 5.74) is 2.90. The summed E-state index contributed by atoms with van der Waals surface area (Å²) in [6, 6.07) is 16.0. The Kier molecular flexibility index (Phi) is 6.09. The monoisotopic (exact) mass is 494 g/mol. The summed E-state index contributed by atoms with van der Waals surface area (Å²) in [5.74, 6) is 4.79. The van der Waals surface area contributed by atoms with E-state index in [-0.39, 0.29) is 35.8 Å². The number of nitrogens with zero attached hydrogens (tertiary/aromatic N) is 2. The van der Waals surface area contributed by atoms with Crippen LogP contribution in [0.3, 0.4) is 0 Å². The van der Waals surface area contributed by atoms with Crippen LogP contribution in [0.15, 0.2) is 71.6 Å². The number of hydrogen-bond donors (Lipinski definition) is 1. The summed E-state index contributed by atoms with van der Waals surface area (Å²) in [4.78, 5) is 1.63. The highest BCUT2D eigenvalue weighted by Gasteiger charge is 2.50. The van der Waals surface area contributed by atoms with Crippen molar-refractivity contribution in [2.24, 2.45) is 5.92 Å². The largest absolute Gasteiger partial charge is 0.394 e. The quantitative estimate of drug-likeness (QED) is 0.561. The van der Waals surface area contributed by atoms with Gasteiger partial charge in [-0.05, 0) is 66.6 Å². The van der Waals surface area contributed by atoms with Crippen molar-refractivity contribution in [2.45, 2.75) is 23.4 Å². The van der Waals surface area contributed by atoms with Crippen molar-refractivity contribution in [1.82, 2.24) is 4.31 Å². The SMILES string of the molecule is CN1c2ccc(C#Cc3ccc(F)cc3)cc2[C@@H]2[C@@H](CCN2S(=O)(=O)c2ccccc2F)[C@H]1CO. The molecule has 2 heterocycles. The molecule has 5 rings (SSSR count). The lowest BCUT2D eigenvalue weighted by Crippen LogP contribution is -2.48. The van der Waals surface area contributed by atoms with Crippen LogP contribution in [0.2, 0.25) is 0 Å². The van der Waals surface area contributed by atoms with E-state index >= 15 is 0 Å². The number of halogens is 2. The van der Waals surface area contributed by atoms with Gasteiger partial charge in [0.1, 0.15) is 16.5 Å². The van der Waals surface area contributed by atoms with E-state index < -0.39 is 21.9 Å². The van der Waals surface area contributed by atoms with E-state index in [1.165, 1.54) is 34.6 Å². The molecule has 2 aliphatic heterocycles. The zero-order valence-corrected chi connectivity index (χ0v) is 19.8. The number of benzene rings is 3. The highest BCUT2D eigenvalue weighted by atomic mass is 32.2. The van der Waals surface area contributed by atoms with Crippen LogP contribution in [-0.2, 0) is 10.0 Å². The number of likely N-dealkylation sites (N-methyl/N-ethyl adjacent to an activating group) is 1. The van der Waals surface area contributed by atoms with Gasteiger partial charge in [0.15, 0.2) is 0 Å². The molecule has 3 atom stereocenters. The van der Waals surface area contributed by atoms with Gasteiger partial charge >= 0.3 is 0 Å². The highest BCUT2D eigenvalue weighted by Crippen LogP contribution is 2.50. The zero-order valence-electron chi connectivity index (χ0n) is 19.0. The van der Waals surface area contributed by atoms with Gasteiger partial charge in [0, 0.05) is 36.3 Å². The van der Waals surface area contributed by atoms with E-state index in [1.54, 1.807) is 12.1 Å². The number of aliphatic hydroxyl groups excluding tert-OH is 1. The smallest absolute Gasteiger partial charge is 0.246 e. The third-order valence-corrected chi connectivity index (χ3v) is 8.84. The second-order valence-electron chi connectivity index (χ2n) is 8.83. The van der Waals surface area contributed by atoms with Crippen molar-refractivity contribution in [2.75, 3.05) is 25.1 Å². The summed E-state index contributed by atoms with van der Waals surface area (Å²) in [7, 11) is -2.23. The number of sulfonamides is 1. The first kappa shape index (κ1) is 23.5. The normalized spacial score (nSPS) is 21.7. The Hall–Kier alpha value is -3.25. The molecule has 180 valence electrons. The summed E-state index contributed by atoms with van der Waals surface area (Å²) in [6.45, 7) is 0.0953. The van der Waals surface area contributed by atoms with Gasteiger partial charge in [0.2, 0.25) is 10.0 Å². The molecule has 3 aromatic rings. The van der Waals surface area contributed by atoms with Crippen LogP contribution >= 0.6 is 0 Å². The minimum absolute atomic E-state index is 0.128. The maximum Gasteiger partial charge on any atom is 0.246 e. The van der Waals surface area contributed by atoms with Crippen LogP contribution in [0.25, 0.3) is 0 Å². The molecular formula is C27H24F2N2O3S. The minimum atomic E-state index is -4.12. The first-order valence-electron chi connectivity index (χ1n) is 11.3. The average molecular weight is 495 g/mol. The second kappa shape index (κ2) is 9.08. The Morgan fingerprint density at radius 2 is 1.69 bits per heavy atom. The van der Waals surface area contributed by atoms with E-state index in [0.717, 1.165) is 17.3 Å². The van der Waals surface area contributed by atoms with Crippen molar-refractivity contribution >= 4 is 15.7 Å². The van der Waals surface area contributed by atoms with Crippen LogP contribution in [-0.4, -0.2) is 44.1 Å². The molecule has 1 saturated heterocycles. The van der Waals surface area contributed by atoms with E-state index in [9.17, 15) is 22.3 Å². The van der Waals surface area contributed by atoms with Crippen LogP contribution in [0.1, 0.15) is 29.2 Å². The third kappa shape index (κ3) is 4.10. The number of anilines is 1. The number of hydrogen-bond acceptors (Lipinski definition) is 4. The molecule has 0 aromatic heterocycles. The molecule has 5 nitrogen and oxygen atoms in total. The van der Waals surface area contributed by atoms with E-state index in [2.05, 4.69) is 11.8 Å². The van der Waals surface area contributed by atoms with Crippen molar-refractivity contribution in [1.29, 1.82) is 0 Å². The van der Waals surface area contributed by atoms with E-state index in [0.29, 0.717) is 17.5 Å². The van der Waals surface area contributed by atoms with Gasteiger partial charge in [-0.2, -0.15) is 4.31 Å². The lowest BCUT2D eigenvalue weighted by molar-refractivity contribution is 0.193. The fourth-order valence-electron chi connectivity index (χ4n) is 5.22. The van der Waals surface area contributed by atoms with Crippen LogP contribution in [0, 0.1) is 29.4 Å². The Balaban J connectivity index is 1.59. The molecule has 2 aliphatic rings. The van der Waals surface area contributed by atoms with Gasteiger partial charge in [-0.15, -0.1) is 0 Å². The fourth-order valence-corrected chi connectivity index (χ4v) is 6.95. The molecule has 1 N–H and O–H groups in total. The second-order valence-corrected chi connectivity index (χ2v) is 10.7. The molecular weight excluding hydrogens is 470 g/mol. The molecule has 0 spiro atoms. The van der Waals surface area contributed by atoms with Crippen molar-refractivity contribution < 1.29 is 22.3 Å². The molecule has 0 bridgehead atoms. The Labute approximate surface area is 203 Å². The van der Waals surface area contributed by atoms with Gasteiger partial charge in [-0.25, -0.2) is 17.2 Å². The standard InChI is InChI=1S/C27H24F2N2O3S/c1-30-24-13-10-19(7-6-18-8-11-20(28)12-9-18)16-22(24)27-21(25(30)17-32)14-15-31(27)35(33,34)26-5-3-2-4-23(26)29/h2-5,8-13,16,21,25,27,32H,14-15,17H2,1H3/t21-,25+,27-/m0/s1. The Morgan fingerprint density at radius 1 is 1.00 bits per heavy atom. The van der Waals surface area contributed by atoms with Gasteiger partial charge in [0.05, 0.1) is 18.7 Å². The summed E-state index contributed by atoms with van der Waals surface area (Å²) in [5, 5.41) is 10.2. The van der Waals surface area contributed by atoms with Crippen LogP contribution < -0.4 is 4.90 Å². The van der Waals surface area contributed by atoms with Gasteiger partial charge in [-0.3, -0.25) is 0 Å². The molecule has 0 saturated carbocycles. The lowest BCUT2D eigenvalue weighted by Gasteiger charge is -2.44. The summed E-state index contributed by atoms with van der Waals surface area (Å²) in [6.07, 6.45) is 0.541. The maximum atomic E-state index is 14.5. The van der Waals surface area contributed by atoms with Crippen LogP contribution in [0.5, 0.6) is 0 Å². The van der Waals surface area contributed by atoms with Crippen molar-refractivity contribution in [3.05, 3.63) is 95.1 Å². The van der Waals surface area contributed by atoms with Crippen molar-refractivity contribution in [3.8, 4) is 11.8 Å². The minimum Gasteiger partial charge on any atom is -0.394 e.